The van der Waals surface area contributed by atoms with Crippen LogP contribution in [-0.4, -0.2) is 60.6 Å². The van der Waals surface area contributed by atoms with E-state index in [2.05, 4.69) is 42.7 Å². The molecule has 3 aliphatic heterocycles. The predicted molar refractivity (Wildman–Crippen MR) is 134 cm³/mol. The fraction of sp³-hybridized carbons (Fsp3) is 0.462. The second-order valence-corrected chi connectivity index (χ2v) is 10.3. The molecule has 2 aromatic carbocycles. The highest BCUT2D eigenvalue weighted by Crippen LogP contribution is 2.33. The van der Waals surface area contributed by atoms with Crippen molar-refractivity contribution in [1.29, 1.82) is 0 Å². The lowest BCUT2D eigenvalue weighted by atomic mass is 10.0. The first-order valence-corrected chi connectivity index (χ1v) is 13.0. The Bertz CT molecular complexity index is 1090. The zero-order valence-corrected chi connectivity index (χ0v) is 20.5. The van der Waals surface area contributed by atoms with Crippen molar-refractivity contribution in [1.82, 2.24) is 4.90 Å². The first-order chi connectivity index (χ1) is 16.4. The van der Waals surface area contributed by atoms with Crippen molar-refractivity contribution >= 4 is 35.0 Å². The molecule has 0 aromatic heterocycles. The van der Waals surface area contributed by atoms with Crippen molar-refractivity contribution in [2.24, 2.45) is 0 Å². The van der Waals surface area contributed by atoms with Crippen LogP contribution in [0.3, 0.4) is 0 Å². The summed E-state index contributed by atoms with van der Waals surface area (Å²) in [5.41, 5.74) is 5.90. The van der Waals surface area contributed by atoms with E-state index in [1.807, 2.05) is 17.0 Å². The maximum atomic E-state index is 13.1. The Morgan fingerprint density at radius 2 is 1.85 bits per heavy atom. The van der Waals surface area contributed by atoms with Gasteiger partial charge in [-0.1, -0.05) is 23.8 Å². The van der Waals surface area contributed by atoms with Crippen LogP contribution in [0.5, 0.6) is 0 Å². The van der Waals surface area contributed by atoms with Crippen molar-refractivity contribution in [2.75, 3.05) is 42.7 Å². The number of hydrogen-bond donors (Lipinski definition) is 2. The maximum Gasteiger partial charge on any atom is 0.253 e. The van der Waals surface area contributed by atoms with Gasteiger partial charge in [-0.05, 0) is 43.2 Å². The third-order valence-corrected chi connectivity index (χ3v) is 7.93. The van der Waals surface area contributed by atoms with Crippen LogP contribution in [0.1, 0.15) is 39.9 Å². The van der Waals surface area contributed by atoms with Crippen molar-refractivity contribution < 1.29 is 19.1 Å². The number of ether oxygens (including phenoxy) is 2. The van der Waals surface area contributed by atoms with Gasteiger partial charge >= 0.3 is 0 Å². The minimum Gasteiger partial charge on any atom is -0.371 e. The van der Waals surface area contributed by atoms with Gasteiger partial charge in [0.25, 0.3) is 5.91 Å². The molecule has 2 amide bonds. The van der Waals surface area contributed by atoms with Gasteiger partial charge in [-0.3, -0.25) is 9.59 Å². The molecule has 3 aliphatic rings. The molecule has 0 radical (unpaired) electrons. The second-order valence-electron chi connectivity index (χ2n) is 9.29. The molecule has 8 heteroatoms. The summed E-state index contributed by atoms with van der Waals surface area (Å²) in [6, 6.07) is 11.7. The predicted octanol–water partition coefficient (Wildman–Crippen LogP) is 3.95. The van der Waals surface area contributed by atoms with E-state index >= 15 is 0 Å². The largest absolute Gasteiger partial charge is 0.371 e. The fourth-order valence-electron chi connectivity index (χ4n) is 4.76. The van der Waals surface area contributed by atoms with Crippen molar-refractivity contribution in [3.8, 4) is 0 Å². The van der Waals surface area contributed by atoms with Crippen LogP contribution in [-0.2, 0) is 20.0 Å². The number of fused-ring (bicyclic) bond motifs is 1. The topological polar surface area (TPSA) is 79.9 Å². The molecule has 3 heterocycles. The van der Waals surface area contributed by atoms with Gasteiger partial charge < -0.3 is 25.0 Å². The average molecular weight is 482 g/mol. The molecular weight excluding hydrogens is 450 g/mol. The van der Waals surface area contributed by atoms with Crippen molar-refractivity contribution in [2.45, 2.75) is 44.3 Å². The summed E-state index contributed by atoms with van der Waals surface area (Å²) < 4.78 is 11.5. The number of likely N-dealkylation sites (tertiary alicyclic amines) is 1. The molecule has 0 saturated carbocycles. The van der Waals surface area contributed by atoms with Crippen LogP contribution in [0.15, 0.2) is 36.4 Å². The number of rotatable bonds is 5. The number of nitrogens with one attached hydrogen (secondary N) is 2. The van der Waals surface area contributed by atoms with Gasteiger partial charge in [0.05, 0.1) is 24.6 Å². The Morgan fingerprint density at radius 1 is 1.09 bits per heavy atom. The van der Waals surface area contributed by atoms with E-state index in [9.17, 15) is 9.59 Å². The number of nitrogens with zero attached hydrogens (tertiary/aromatic N) is 1. The van der Waals surface area contributed by atoms with Crippen LogP contribution in [0.2, 0.25) is 0 Å². The molecule has 2 N–H and O–H groups in total. The van der Waals surface area contributed by atoms with Crippen LogP contribution < -0.4 is 10.6 Å². The molecule has 2 aromatic rings. The molecule has 2 fully saturated rings. The van der Waals surface area contributed by atoms with E-state index < -0.39 is 5.79 Å². The van der Waals surface area contributed by atoms with Crippen LogP contribution in [0, 0.1) is 13.8 Å². The van der Waals surface area contributed by atoms with Gasteiger partial charge in [-0.25, -0.2) is 0 Å². The van der Waals surface area contributed by atoms with Gasteiger partial charge in [0.1, 0.15) is 6.04 Å². The molecule has 1 unspecified atom stereocenters. The number of carbonyl (C=O) groups is 2. The van der Waals surface area contributed by atoms with E-state index in [1.54, 1.807) is 17.8 Å². The quantitative estimate of drug-likeness (QED) is 0.673. The van der Waals surface area contributed by atoms with Crippen LogP contribution in [0.25, 0.3) is 0 Å². The summed E-state index contributed by atoms with van der Waals surface area (Å²) >= 11 is 1.74. The molecule has 34 heavy (non-hydrogen) atoms. The number of anilines is 2. The summed E-state index contributed by atoms with van der Waals surface area (Å²) in [4.78, 5) is 27.6. The Labute approximate surface area is 204 Å². The van der Waals surface area contributed by atoms with Crippen molar-refractivity contribution in [3.05, 3.63) is 58.7 Å². The normalized spacial score (nSPS) is 21.2. The molecule has 180 valence electrons. The summed E-state index contributed by atoms with van der Waals surface area (Å²) in [6.45, 7) is 6.65. The van der Waals surface area contributed by atoms with E-state index in [1.165, 1.54) is 16.7 Å². The number of hydrogen-bond acceptors (Lipinski definition) is 6. The zero-order valence-electron chi connectivity index (χ0n) is 19.7. The number of carbonyl (C=O) groups excluding carboxylic acids is 2. The number of amides is 2. The molecule has 2 saturated heterocycles. The first kappa shape index (κ1) is 23.2. The van der Waals surface area contributed by atoms with Gasteiger partial charge in [-0.15, -0.1) is 0 Å². The smallest absolute Gasteiger partial charge is 0.253 e. The number of benzene rings is 2. The first-order valence-electron chi connectivity index (χ1n) is 11.8. The summed E-state index contributed by atoms with van der Waals surface area (Å²) in [6.07, 6.45) is 1.37. The lowest BCUT2D eigenvalue weighted by molar-refractivity contribution is -0.181. The summed E-state index contributed by atoms with van der Waals surface area (Å²) in [7, 11) is 0. The van der Waals surface area contributed by atoms with Gasteiger partial charge in [-0.2, -0.15) is 11.8 Å². The van der Waals surface area contributed by atoms with Gasteiger partial charge in [0.15, 0.2) is 5.79 Å². The highest BCUT2D eigenvalue weighted by Gasteiger charge is 2.41. The van der Waals surface area contributed by atoms with E-state index in [0.717, 1.165) is 11.4 Å². The third-order valence-electron chi connectivity index (χ3n) is 6.84. The highest BCUT2D eigenvalue weighted by atomic mass is 32.2. The lowest BCUT2D eigenvalue weighted by Crippen LogP contribution is -2.47. The third kappa shape index (κ3) is 4.80. The van der Waals surface area contributed by atoms with Crippen LogP contribution in [0.4, 0.5) is 11.4 Å². The van der Waals surface area contributed by atoms with E-state index in [0.29, 0.717) is 56.1 Å². The molecule has 1 atom stereocenters. The minimum absolute atomic E-state index is 0.0314. The SMILES string of the molecule is Cc1ccc(C)c(CSCC2Nc3ccc(C(=O)N4CCC5(CC4)OCCO5)cc3NC2=O)c1. The molecule has 0 aliphatic carbocycles. The summed E-state index contributed by atoms with van der Waals surface area (Å²) in [5.74, 6) is 0.929. The molecule has 7 nitrogen and oxygen atoms in total. The van der Waals surface area contributed by atoms with Crippen molar-refractivity contribution in [3.63, 3.8) is 0 Å². The Kier molecular flexibility index (Phi) is 6.55. The average Bonchev–Trinajstić information content (AvgIpc) is 3.29. The Hall–Kier alpha value is -2.55. The van der Waals surface area contributed by atoms with Crippen LogP contribution >= 0.6 is 11.8 Å². The standard InChI is InChI=1S/C26H31N3O4S/c1-17-3-4-18(2)20(13-17)15-34-16-23-24(30)28-22-14-19(5-6-21(22)27-23)25(31)29-9-7-26(8-10-29)32-11-12-33-26/h3-6,13-14,23,27H,7-12,15-16H2,1-2H3,(H,28,30). The fourth-order valence-corrected chi connectivity index (χ4v) is 5.88. The lowest BCUT2D eigenvalue weighted by Gasteiger charge is -2.37. The van der Waals surface area contributed by atoms with E-state index in [4.69, 9.17) is 9.47 Å². The zero-order chi connectivity index (χ0) is 23.7. The second kappa shape index (κ2) is 9.60. The van der Waals surface area contributed by atoms with Gasteiger partial charge in [0, 0.05) is 43.0 Å². The summed E-state index contributed by atoms with van der Waals surface area (Å²) in [5, 5.41) is 6.34. The molecule has 0 bridgehead atoms. The minimum atomic E-state index is -0.504. The Balaban J connectivity index is 1.18. The maximum absolute atomic E-state index is 13.1. The molecule has 5 rings (SSSR count). The Morgan fingerprint density at radius 3 is 2.62 bits per heavy atom. The molecular formula is C26H31N3O4S. The number of thioether (sulfide) groups is 1. The monoisotopic (exact) mass is 481 g/mol. The van der Waals surface area contributed by atoms with E-state index in [-0.39, 0.29) is 17.9 Å². The van der Waals surface area contributed by atoms with Gasteiger partial charge in [0.2, 0.25) is 5.91 Å². The highest BCUT2D eigenvalue weighted by molar-refractivity contribution is 7.98. The molecule has 1 spiro atoms. The number of piperidine rings is 1. The number of aryl methyl sites for hydroxylation is 2.